The topological polar surface area (TPSA) is 66.5 Å². The SMILES string of the molecule is CC(=O)CN1C(=O)N[C@@](C)(c2ccccc2)C1=O. The summed E-state index contributed by atoms with van der Waals surface area (Å²) in [5.41, 5.74) is -0.386. The summed E-state index contributed by atoms with van der Waals surface area (Å²) in [4.78, 5) is 36.0. The van der Waals surface area contributed by atoms with E-state index in [1.165, 1.54) is 6.92 Å². The fourth-order valence-electron chi connectivity index (χ4n) is 2.03. The summed E-state index contributed by atoms with van der Waals surface area (Å²) in [5.74, 6) is -0.621. The first-order valence-corrected chi connectivity index (χ1v) is 5.64. The predicted molar refractivity (Wildman–Crippen MR) is 64.7 cm³/mol. The van der Waals surface area contributed by atoms with Gasteiger partial charge in [-0.15, -0.1) is 0 Å². The Morgan fingerprint density at radius 3 is 2.44 bits per heavy atom. The fourth-order valence-corrected chi connectivity index (χ4v) is 2.03. The van der Waals surface area contributed by atoms with Gasteiger partial charge in [0.1, 0.15) is 11.3 Å². The van der Waals surface area contributed by atoms with Crippen LogP contribution in [0.4, 0.5) is 4.79 Å². The van der Waals surface area contributed by atoms with Crippen molar-refractivity contribution in [2.75, 3.05) is 6.54 Å². The summed E-state index contributed by atoms with van der Waals surface area (Å²) >= 11 is 0. The van der Waals surface area contributed by atoms with E-state index in [4.69, 9.17) is 0 Å². The quantitative estimate of drug-likeness (QED) is 0.810. The first kappa shape index (κ1) is 12.3. The van der Waals surface area contributed by atoms with Crippen LogP contribution < -0.4 is 5.32 Å². The smallest absolute Gasteiger partial charge is 0.319 e. The molecule has 0 unspecified atom stereocenters. The van der Waals surface area contributed by atoms with Crippen LogP contribution in [0.3, 0.4) is 0 Å². The summed E-state index contributed by atoms with van der Waals surface area (Å²) in [6, 6.07) is 8.45. The number of urea groups is 1. The van der Waals surface area contributed by atoms with Crippen molar-refractivity contribution in [2.24, 2.45) is 0 Å². The van der Waals surface area contributed by atoms with Crippen LogP contribution in [0.25, 0.3) is 0 Å². The molecule has 5 heteroatoms. The average Bonchev–Trinajstić information content (AvgIpc) is 2.55. The number of benzene rings is 1. The molecule has 1 saturated heterocycles. The lowest BCUT2D eigenvalue weighted by molar-refractivity contribution is -0.133. The van der Waals surface area contributed by atoms with Gasteiger partial charge in [-0.25, -0.2) is 4.79 Å². The largest absolute Gasteiger partial charge is 0.325 e. The lowest BCUT2D eigenvalue weighted by atomic mass is 9.92. The molecule has 1 aliphatic heterocycles. The number of nitrogens with zero attached hydrogens (tertiary/aromatic N) is 1. The number of nitrogens with one attached hydrogen (secondary N) is 1. The molecule has 0 radical (unpaired) electrons. The minimum atomic E-state index is -1.09. The van der Waals surface area contributed by atoms with E-state index in [1.807, 2.05) is 6.07 Å². The highest BCUT2D eigenvalue weighted by Gasteiger charge is 2.48. The molecule has 1 aliphatic rings. The summed E-state index contributed by atoms with van der Waals surface area (Å²) in [6.07, 6.45) is 0. The van der Waals surface area contributed by atoms with Crippen LogP contribution in [0.2, 0.25) is 0 Å². The van der Waals surface area contributed by atoms with Gasteiger partial charge >= 0.3 is 6.03 Å². The van der Waals surface area contributed by atoms with Crippen molar-refractivity contribution in [2.45, 2.75) is 19.4 Å². The molecular weight excluding hydrogens is 232 g/mol. The maximum Gasteiger partial charge on any atom is 0.325 e. The average molecular weight is 246 g/mol. The number of carbonyl (C=O) groups is 3. The molecule has 1 N–H and O–H groups in total. The Hall–Kier alpha value is -2.17. The predicted octanol–water partition coefficient (Wildman–Crippen LogP) is 1.04. The van der Waals surface area contributed by atoms with Crippen LogP contribution in [0.5, 0.6) is 0 Å². The van der Waals surface area contributed by atoms with Gasteiger partial charge in [-0.3, -0.25) is 14.5 Å². The van der Waals surface area contributed by atoms with E-state index in [2.05, 4.69) is 5.32 Å². The number of Topliss-reactive ketones (excluding diaryl/α,β-unsaturated/α-hetero) is 1. The van der Waals surface area contributed by atoms with Gasteiger partial charge in [0.25, 0.3) is 5.91 Å². The molecule has 1 heterocycles. The van der Waals surface area contributed by atoms with E-state index in [1.54, 1.807) is 31.2 Å². The molecule has 1 aromatic rings. The molecule has 1 fully saturated rings. The number of carbonyl (C=O) groups excluding carboxylic acids is 3. The van der Waals surface area contributed by atoms with E-state index >= 15 is 0 Å². The van der Waals surface area contributed by atoms with Crippen LogP contribution in [0, 0.1) is 0 Å². The zero-order valence-electron chi connectivity index (χ0n) is 10.3. The number of rotatable bonds is 3. The number of hydrogen-bond acceptors (Lipinski definition) is 3. The van der Waals surface area contributed by atoms with Crippen molar-refractivity contribution in [3.63, 3.8) is 0 Å². The second kappa shape index (κ2) is 4.25. The second-order valence-electron chi connectivity index (χ2n) is 4.51. The van der Waals surface area contributed by atoms with Crippen LogP contribution >= 0.6 is 0 Å². The molecule has 1 atom stereocenters. The highest BCUT2D eigenvalue weighted by atomic mass is 16.2. The van der Waals surface area contributed by atoms with Gasteiger partial charge in [0.2, 0.25) is 0 Å². The van der Waals surface area contributed by atoms with Crippen molar-refractivity contribution < 1.29 is 14.4 Å². The molecular formula is C13H14N2O3. The van der Waals surface area contributed by atoms with Gasteiger partial charge in [0.15, 0.2) is 0 Å². The van der Waals surface area contributed by atoms with E-state index in [0.717, 1.165) is 4.90 Å². The molecule has 1 aromatic carbocycles. The summed E-state index contributed by atoms with van der Waals surface area (Å²) in [5, 5.41) is 2.64. The van der Waals surface area contributed by atoms with Crippen molar-refractivity contribution in [1.82, 2.24) is 10.2 Å². The van der Waals surface area contributed by atoms with Gasteiger partial charge in [-0.05, 0) is 19.4 Å². The fraction of sp³-hybridized carbons (Fsp3) is 0.308. The molecule has 18 heavy (non-hydrogen) atoms. The molecule has 94 valence electrons. The van der Waals surface area contributed by atoms with E-state index in [9.17, 15) is 14.4 Å². The van der Waals surface area contributed by atoms with Gasteiger partial charge in [0, 0.05) is 0 Å². The Labute approximate surface area is 105 Å². The molecule has 0 bridgehead atoms. The summed E-state index contributed by atoms with van der Waals surface area (Å²) in [7, 11) is 0. The molecule has 3 amide bonds. The number of ketones is 1. The van der Waals surface area contributed by atoms with E-state index in [-0.39, 0.29) is 12.3 Å². The van der Waals surface area contributed by atoms with E-state index < -0.39 is 17.5 Å². The third-order valence-corrected chi connectivity index (χ3v) is 3.01. The molecule has 0 spiro atoms. The number of hydrogen-bond donors (Lipinski definition) is 1. The van der Waals surface area contributed by atoms with Gasteiger partial charge < -0.3 is 5.32 Å². The Balaban J connectivity index is 2.35. The molecule has 5 nitrogen and oxygen atoms in total. The number of imide groups is 1. The third kappa shape index (κ3) is 1.88. The lowest BCUT2D eigenvalue weighted by Gasteiger charge is -2.21. The zero-order chi connectivity index (χ0) is 13.3. The van der Waals surface area contributed by atoms with Crippen LogP contribution in [-0.4, -0.2) is 29.2 Å². The first-order valence-electron chi connectivity index (χ1n) is 5.64. The highest BCUT2D eigenvalue weighted by Crippen LogP contribution is 2.28. The van der Waals surface area contributed by atoms with Crippen molar-refractivity contribution in [3.05, 3.63) is 35.9 Å². The number of amides is 3. The highest BCUT2D eigenvalue weighted by molar-refractivity contribution is 6.09. The van der Waals surface area contributed by atoms with Crippen LogP contribution in [0.1, 0.15) is 19.4 Å². The van der Waals surface area contributed by atoms with Crippen LogP contribution in [0.15, 0.2) is 30.3 Å². The van der Waals surface area contributed by atoms with Gasteiger partial charge in [0.05, 0.1) is 6.54 Å². The van der Waals surface area contributed by atoms with Gasteiger partial charge in [-0.1, -0.05) is 30.3 Å². The molecule has 0 aromatic heterocycles. The normalized spacial score (nSPS) is 23.1. The lowest BCUT2D eigenvalue weighted by Crippen LogP contribution is -2.41. The van der Waals surface area contributed by atoms with Crippen molar-refractivity contribution in [3.8, 4) is 0 Å². The maximum atomic E-state index is 12.3. The molecule has 0 aliphatic carbocycles. The van der Waals surface area contributed by atoms with Crippen molar-refractivity contribution in [1.29, 1.82) is 0 Å². The van der Waals surface area contributed by atoms with E-state index in [0.29, 0.717) is 5.56 Å². The molecule has 2 rings (SSSR count). The monoisotopic (exact) mass is 246 g/mol. The van der Waals surface area contributed by atoms with Gasteiger partial charge in [-0.2, -0.15) is 0 Å². The maximum absolute atomic E-state index is 12.3. The third-order valence-electron chi connectivity index (χ3n) is 3.01. The van der Waals surface area contributed by atoms with Crippen LogP contribution in [-0.2, 0) is 15.1 Å². The Bertz CT molecular complexity index is 512. The summed E-state index contributed by atoms with van der Waals surface area (Å²) in [6.45, 7) is 2.80. The minimum absolute atomic E-state index is 0.187. The van der Waals surface area contributed by atoms with Crippen molar-refractivity contribution >= 4 is 17.7 Å². The first-order chi connectivity index (χ1) is 8.45. The minimum Gasteiger partial charge on any atom is -0.319 e. The second-order valence-corrected chi connectivity index (χ2v) is 4.51. The Morgan fingerprint density at radius 2 is 1.89 bits per heavy atom. The summed E-state index contributed by atoms with van der Waals surface area (Å²) < 4.78 is 0. The Kier molecular flexibility index (Phi) is 2.90. The Morgan fingerprint density at radius 1 is 1.28 bits per heavy atom. The standard InChI is InChI=1S/C13H14N2O3/c1-9(16)8-15-11(17)13(2,14-12(15)18)10-6-4-3-5-7-10/h3-7H,8H2,1-2H3,(H,14,18)/t13-/m0/s1. The zero-order valence-corrected chi connectivity index (χ0v) is 10.3. The molecule has 0 saturated carbocycles.